The van der Waals surface area contributed by atoms with Crippen LogP contribution in [0.1, 0.15) is 18.1 Å². The van der Waals surface area contributed by atoms with Gasteiger partial charge in [-0.25, -0.2) is 4.98 Å². The molecule has 1 amide bonds. The van der Waals surface area contributed by atoms with Crippen LogP contribution < -0.4 is 26.3 Å². The van der Waals surface area contributed by atoms with E-state index in [1.54, 1.807) is 24.3 Å². The number of rotatable bonds is 7. The second-order valence-corrected chi connectivity index (χ2v) is 6.60. The molecule has 1 heterocycles. The summed E-state index contributed by atoms with van der Waals surface area (Å²) in [6, 6.07) is 14.4. The highest BCUT2D eigenvalue weighted by Crippen LogP contribution is 2.34. The molecule has 1 aromatic heterocycles. The van der Waals surface area contributed by atoms with Crippen molar-refractivity contribution >= 4 is 23.4 Å². The Labute approximate surface area is 179 Å². The molecule has 5 N–H and O–H groups in total. The molecule has 0 fully saturated rings. The van der Waals surface area contributed by atoms with Crippen LogP contribution >= 0.6 is 0 Å². The van der Waals surface area contributed by atoms with Crippen LogP contribution in [0.3, 0.4) is 0 Å². The van der Waals surface area contributed by atoms with Crippen molar-refractivity contribution < 1.29 is 14.3 Å². The van der Waals surface area contributed by atoms with Crippen molar-refractivity contribution in [3.63, 3.8) is 0 Å². The van der Waals surface area contributed by atoms with Gasteiger partial charge in [-0.15, -0.1) is 0 Å². The number of amides is 1. The number of hydrogen-bond donors (Lipinski definition) is 3. The zero-order valence-electron chi connectivity index (χ0n) is 17.2. The van der Waals surface area contributed by atoms with Gasteiger partial charge in [0, 0.05) is 11.3 Å². The van der Waals surface area contributed by atoms with Crippen LogP contribution in [0.15, 0.2) is 42.5 Å². The number of nitriles is 1. The monoisotopic (exact) mass is 418 g/mol. The van der Waals surface area contributed by atoms with Crippen LogP contribution in [0.2, 0.25) is 0 Å². The highest BCUT2D eigenvalue weighted by atomic mass is 16.5. The molecule has 158 valence electrons. The summed E-state index contributed by atoms with van der Waals surface area (Å²) >= 11 is 0. The van der Waals surface area contributed by atoms with Gasteiger partial charge >= 0.3 is 0 Å². The lowest BCUT2D eigenvalue weighted by atomic mass is 10.1. The fourth-order valence-corrected chi connectivity index (χ4v) is 2.92. The van der Waals surface area contributed by atoms with Crippen molar-refractivity contribution in [2.75, 3.05) is 30.0 Å². The maximum atomic E-state index is 12.3. The van der Waals surface area contributed by atoms with E-state index in [1.165, 1.54) is 0 Å². The van der Waals surface area contributed by atoms with Gasteiger partial charge < -0.3 is 26.3 Å². The first-order valence-electron chi connectivity index (χ1n) is 9.51. The quantitative estimate of drug-likeness (QED) is 0.530. The molecule has 0 bridgehead atoms. The van der Waals surface area contributed by atoms with E-state index in [-0.39, 0.29) is 35.5 Å². The second-order valence-electron chi connectivity index (χ2n) is 6.60. The molecule has 0 aliphatic heterocycles. The Balaban J connectivity index is 1.81. The smallest absolute Gasteiger partial charge is 0.262 e. The minimum atomic E-state index is -0.305. The summed E-state index contributed by atoms with van der Waals surface area (Å²) in [5.74, 6) is 0.412. The first-order chi connectivity index (χ1) is 14.9. The van der Waals surface area contributed by atoms with E-state index in [1.807, 2.05) is 38.1 Å². The summed E-state index contributed by atoms with van der Waals surface area (Å²) in [7, 11) is 0. The zero-order valence-corrected chi connectivity index (χ0v) is 17.2. The molecular formula is C22H22N6O3. The van der Waals surface area contributed by atoms with Gasteiger partial charge in [0.15, 0.2) is 18.1 Å². The van der Waals surface area contributed by atoms with Crippen LogP contribution in [0, 0.1) is 18.3 Å². The molecule has 0 atom stereocenters. The molecule has 0 aliphatic carbocycles. The van der Waals surface area contributed by atoms with Crippen molar-refractivity contribution in [1.82, 2.24) is 9.97 Å². The lowest BCUT2D eigenvalue weighted by molar-refractivity contribution is -0.118. The molecule has 9 heteroatoms. The van der Waals surface area contributed by atoms with E-state index >= 15 is 0 Å². The number of aryl methyl sites for hydroxylation is 1. The maximum Gasteiger partial charge on any atom is 0.262 e. The Hall–Kier alpha value is -4.32. The Morgan fingerprint density at radius 3 is 2.65 bits per heavy atom. The van der Waals surface area contributed by atoms with Gasteiger partial charge in [-0.05, 0) is 49.7 Å². The minimum Gasteiger partial charge on any atom is -0.490 e. The average molecular weight is 418 g/mol. The number of carbonyl (C=O) groups is 1. The molecule has 9 nitrogen and oxygen atoms in total. The molecule has 0 spiro atoms. The molecule has 0 unspecified atom stereocenters. The first kappa shape index (κ1) is 21.4. The third kappa shape index (κ3) is 5.19. The van der Waals surface area contributed by atoms with Crippen molar-refractivity contribution in [2.45, 2.75) is 13.8 Å². The summed E-state index contributed by atoms with van der Waals surface area (Å²) in [6.07, 6.45) is 0. The maximum absolute atomic E-state index is 12.3. The van der Waals surface area contributed by atoms with Crippen LogP contribution in [0.4, 0.5) is 17.5 Å². The zero-order chi connectivity index (χ0) is 22.4. The predicted molar refractivity (Wildman–Crippen MR) is 117 cm³/mol. The molecule has 31 heavy (non-hydrogen) atoms. The number of aromatic nitrogens is 2. The van der Waals surface area contributed by atoms with Gasteiger partial charge in [-0.1, -0.05) is 12.1 Å². The Morgan fingerprint density at radius 2 is 1.94 bits per heavy atom. The summed E-state index contributed by atoms with van der Waals surface area (Å²) in [4.78, 5) is 20.2. The van der Waals surface area contributed by atoms with Crippen molar-refractivity contribution in [3.8, 4) is 28.8 Å². The summed E-state index contributed by atoms with van der Waals surface area (Å²) in [5, 5.41) is 12.2. The van der Waals surface area contributed by atoms with Crippen LogP contribution in [-0.2, 0) is 4.79 Å². The van der Waals surface area contributed by atoms with E-state index in [0.717, 1.165) is 5.56 Å². The highest BCUT2D eigenvalue weighted by Gasteiger charge is 2.16. The Morgan fingerprint density at radius 1 is 1.13 bits per heavy atom. The molecule has 2 aromatic carbocycles. The van der Waals surface area contributed by atoms with Gasteiger partial charge in [0.1, 0.15) is 17.5 Å². The second kappa shape index (κ2) is 9.45. The fourth-order valence-electron chi connectivity index (χ4n) is 2.92. The van der Waals surface area contributed by atoms with Gasteiger partial charge in [-0.2, -0.15) is 10.2 Å². The van der Waals surface area contributed by atoms with E-state index < -0.39 is 0 Å². The number of nitrogens with one attached hydrogen (secondary N) is 1. The van der Waals surface area contributed by atoms with E-state index in [4.69, 9.17) is 20.9 Å². The summed E-state index contributed by atoms with van der Waals surface area (Å²) in [6.45, 7) is 3.93. The fraction of sp³-hybridized carbons (Fsp3) is 0.182. The van der Waals surface area contributed by atoms with E-state index in [2.05, 4.69) is 15.3 Å². The normalized spacial score (nSPS) is 10.2. The number of nitrogens with zero attached hydrogens (tertiary/aromatic N) is 3. The highest BCUT2D eigenvalue weighted by molar-refractivity contribution is 5.92. The summed E-state index contributed by atoms with van der Waals surface area (Å²) < 4.78 is 11.3. The van der Waals surface area contributed by atoms with Gasteiger partial charge in [0.2, 0.25) is 5.95 Å². The largest absolute Gasteiger partial charge is 0.490 e. The van der Waals surface area contributed by atoms with Crippen LogP contribution in [-0.4, -0.2) is 29.1 Å². The number of nitrogens with two attached hydrogens (primary N) is 2. The van der Waals surface area contributed by atoms with Gasteiger partial charge in [-0.3, -0.25) is 4.79 Å². The number of benzene rings is 2. The van der Waals surface area contributed by atoms with Crippen LogP contribution in [0.5, 0.6) is 11.5 Å². The molecule has 0 saturated heterocycles. The van der Waals surface area contributed by atoms with Gasteiger partial charge in [0.25, 0.3) is 5.91 Å². The lowest BCUT2D eigenvalue weighted by Crippen LogP contribution is -2.20. The van der Waals surface area contributed by atoms with Crippen LogP contribution in [0.25, 0.3) is 11.3 Å². The molecule has 3 rings (SSSR count). The SMILES string of the molecule is CCOc1cc(-c2nc(N)nc(N)c2C#N)ccc1OCC(=O)Nc1cccc(C)c1. The molecule has 0 aliphatic rings. The summed E-state index contributed by atoms with van der Waals surface area (Å²) in [5.41, 5.74) is 14.2. The third-order valence-corrected chi connectivity index (χ3v) is 4.24. The Bertz CT molecular complexity index is 1160. The van der Waals surface area contributed by atoms with Crippen molar-refractivity contribution in [1.29, 1.82) is 5.26 Å². The van der Waals surface area contributed by atoms with Crippen molar-refractivity contribution in [2.24, 2.45) is 0 Å². The van der Waals surface area contributed by atoms with Crippen molar-refractivity contribution in [3.05, 3.63) is 53.6 Å². The third-order valence-electron chi connectivity index (χ3n) is 4.24. The average Bonchev–Trinajstić information content (AvgIpc) is 2.72. The molecule has 3 aromatic rings. The first-order valence-corrected chi connectivity index (χ1v) is 9.51. The topological polar surface area (TPSA) is 149 Å². The number of hydrogen-bond acceptors (Lipinski definition) is 8. The molecular weight excluding hydrogens is 396 g/mol. The minimum absolute atomic E-state index is 0.00361. The molecule has 0 radical (unpaired) electrons. The van der Waals surface area contributed by atoms with E-state index in [9.17, 15) is 10.1 Å². The lowest BCUT2D eigenvalue weighted by Gasteiger charge is -2.14. The Kier molecular flexibility index (Phi) is 6.52. The molecule has 0 saturated carbocycles. The predicted octanol–water partition coefficient (Wildman–Crippen LogP) is 2.90. The standard InChI is InChI=1S/C22H22N6O3/c1-3-30-18-10-14(20-16(11-23)21(24)28-22(25)27-20)7-8-17(18)31-12-19(29)26-15-6-4-5-13(2)9-15/h4-10H,3,12H2,1-2H3,(H,26,29)(H4,24,25,27,28). The van der Waals surface area contributed by atoms with E-state index in [0.29, 0.717) is 29.4 Å². The number of carbonyl (C=O) groups excluding carboxylic acids is 1. The number of anilines is 3. The van der Waals surface area contributed by atoms with Gasteiger partial charge in [0.05, 0.1) is 12.3 Å². The number of ether oxygens (including phenoxy) is 2. The number of nitrogen functional groups attached to an aromatic ring is 2.